The van der Waals surface area contributed by atoms with Crippen molar-refractivity contribution in [3.8, 4) is 11.1 Å². The number of carbonyl (C=O) groups excluding carboxylic acids is 2. The van der Waals surface area contributed by atoms with E-state index >= 15 is 0 Å². The Bertz CT molecular complexity index is 1020. The van der Waals surface area contributed by atoms with Gasteiger partial charge in [0.2, 0.25) is 0 Å². The van der Waals surface area contributed by atoms with Gasteiger partial charge < -0.3 is 24.8 Å². The van der Waals surface area contributed by atoms with Crippen LogP contribution in [0.3, 0.4) is 0 Å². The third-order valence-corrected chi connectivity index (χ3v) is 6.54. The Hall–Kier alpha value is -3.39. The van der Waals surface area contributed by atoms with E-state index < -0.39 is 29.6 Å². The summed E-state index contributed by atoms with van der Waals surface area (Å²) in [6.07, 6.45) is -0.478. The molecule has 0 bridgehead atoms. The second-order valence-electron chi connectivity index (χ2n) is 8.44. The highest BCUT2D eigenvalue weighted by Crippen LogP contribution is 2.44. The molecule has 2 aromatic rings. The number of nitrogens with one attached hydrogen (secondary N) is 1. The molecule has 4 rings (SSSR count). The number of hydrogen-bond donors (Lipinski definition) is 2. The molecule has 8 nitrogen and oxygen atoms in total. The number of ether oxygens (including phenoxy) is 2. The van der Waals surface area contributed by atoms with Crippen LogP contribution in [0.5, 0.6) is 0 Å². The number of carboxylic acid groups (broad SMARTS) is 1. The lowest BCUT2D eigenvalue weighted by molar-refractivity contribution is -0.152. The summed E-state index contributed by atoms with van der Waals surface area (Å²) in [6, 6.07) is 15.0. The highest BCUT2D eigenvalue weighted by molar-refractivity contribution is 5.93. The smallest absolute Gasteiger partial charge is 0.408 e. The molecule has 0 saturated carbocycles. The van der Waals surface area contributed by atoms with E-state index in [2.05, 4.69) is 17.4 Å². The van der Waals surface area contributed by atoms with Crippen molar-refractivity contribution in [2.45, 2.75) is 37.8 Å². The Labute approximate surface area is 192 Å². The standard InChI is InChI=1S/C25H28N2O6/c1-3-27(16(2)22(28)29)23(30)25(12-13-32-15-25)26-24(31)33-14-21-19-10-6-4-8-17(19)18-9-5-7-11-20(18)21/h4-11,16,21H,3,12-15H2,1-2H3,(H,26,31)(H,28,29). The number of carboxylic acids is 1. The first-order chi connectivity index (χ1) is 15.9. The van der Waals surface area contributed by atoms with Crippen molar-refractivity contribution in [3.63, 3.8) is 0 Å². The SMILES string of the molecule is CCN(C(=O)C1(NC(=O)OCC2c3ccccc3-c3ccccc32)CCOC1)C(C)C(=O)O. The van der Waals surface area contributed by atoms with E-state index in [0.717, 1.165) is 22.3 Å². The van der Waals surface area contributed by atoms with Gasteiger partial charge in [-0.2, -0.15) is 0 Å². The third-order valence-electron chi connectivity index (χ3n) is 6.54. The first-order valence-corrected chi connectivity index (χ1v) is 11.1. The number of alkyl carbamates (subject to hydrolysis) is 1. The van der Waals surface area contributed by atoms with Gasteiger partial charge in [0.1, 0.15) is 18.2 Å². The van der Waals surface area contributed by atoms with Gasteiger partial charge in [0.25, 0.3) is 5.91 Å². The Morgan fingerprint density at radius 2 is 1.76 bits per heavy atom. The Morgan fingerprint density at radius 1 is 1.15 bits per heavy atom. The van der Waals surface area contributed by atoms with E-state index in [9.17, 15) is 19.5 Å². The number of amides is 2. The lowest BCUT2D eigenvalue weighted by Gasteiger charge is -2.35. The number of nitrogens with zero attached hydrogens (tertiary/aromatic N) is 1. The fraction of sp³-hybridized carbons (Fsp3) is 0.400. The first-order valence-electron chi connectivity index (χ1n) is 11.1. The minimum absolute atomic E-state index is 0.0289. The van der Waals surface area contributed by atoms with Crippen molar-refractivity contribution in [2.75, 3.05) is 26.4 Å². The van der Waals surface area contributed by atoms with E-state index in [0.29, 0.717) is 0 Å². The molecule has 0 aromatic heterocycles. The predicted octanol–water partition coefficient (Wildman–Crippen LogP) is 3.01. The average molecular weight is 453 g/mol. The molecule has 2 N–H and O–H groups in total. The van der Waals surface area contributed by atoms with Crippen LogP contribution < -0.4 is 5.32 Å². The number of benzene rings is 2. The zero-order valence-corrected chi connectivity index (χ0v) is 18.7. The lowest BCUT2D eigenvalue weighted by Crippen LogP contribution is -2.62. The van der Waals surface area contributed by atoms with Crippen molar-refractivity contribution in [1.29, 1.82) is 0 Å². The van der Waals surface area contributed by atoms with Crippen molar-refractivity contribution in [3.05, 3.63) is 59.7 Å². The molecule has 174 valence electrons. The number of aliphatic carboxylic acids is 1. The van der Waals surface area contributed by atoms with Gasteiger partial charge >= 0.3 is 12.1 Å². The molecule has 2 unspecified atom stereocenters. The maximum Gasteiger partial charge on any atom is 0.408 e. The van der Waals surface area contributed by atoms with Crippen molar-refractivity contribution < 1.29 is 29.0 Å². The molecule has 2 atom stereocenters. The van der Waals surface area contributed by atoms with Crippen LogP contribution in [0.25, 0.3) is 11.1 Å². The average Bonchev–Trinajstić information content (AvgIpc) is 3.41. The molecule has 2 aromatic carbocycles. The second kappa shape index (κ2) is 9.23. The van der Waals surface area contributed by atoms with Gasteiger partial charge in [-0.05, 0) is 36.1 Å². The van der Waals surface area contributed by atoms with Gasteiger partial charge in [-0.3, -0.25) is 4.79 Å². The van der Waals surface area contributed by atoms with Crippen LogP contribution in [0.2, 0.25) is 0 Å². The van der Waals surface area contributed by atoms with E-state index in [1.165, 1.54) is 11.8 Å². The molecular formula is C25H28N2O6. The summed E-state index contributed by atoms with van der Waals surface area (Å²) in [7, 11) is 0. The molecule has 2 aliphatic rings. The normalized spacial score (nSPS) is 19.9. The molecule has 33 heavy (non-hydrogen) atoms. The van der Waals surface area contributed by atoms with Gasteiger partial charge in [-0.1, -0.05) is 48.5 Å². The minimum atomic E-state index is -1.34. The van der Waals surface area contributed by atoms with Gasteiger partial charge in [0.15, 0.2) is 0 Å². The second-order valence-corrected chi connectivity index (χ2v) is 8.44. The predicted molar refractivity (Wildman–Crippen MR) is 121 cm³/mol. The fourth-order valence-electron chi connectivity index (χ4n) is 4.72. The van der Waals surface area contributed by atoms with Crippen LogP contribution in [0.4, 0.5) is 4.79 Å². The molecule has 1 heterocycles. The van der Waals surface area contributed by atoms with Crippen LogP contribution >= 0.6 is 0 Å². The fourth-order valence-corrected chi connectivity index (χ4v) is 4.72. The van der Waals surface area contributed by atoms with Crippen LogP contribution in [-0.4, -0.2) is 65.9 Å². The monoisotopic (exact) mass is 452 g/mol. The molecule has 0 spiro atoms. The largest absolute Gasteiger partial charge is 0.480 e. The summed E-state index contributed by atoms with van der Waals surface area (Å²) < 4.78 is 11.0. The molecule has 2 amide bonds. The van der Waals surface area contributed by atoms with Crippen molar-refractivity contribution >= 4 is 18.0 Å². The maximum atomic E-state index is 13.3. The van der Waals surface area contributed by atoms with Crippen LogP contribution in [0.1, 0.15) is 37.3 Å². The van der Waals surface area contributed by atoms with Crippen LogP contribution in [0.15, 0.2) is 48.5 Å². The number of likely N-dealkylation sites (N-methyl/N-ethyl adjacent to an activating group) is 1. The van der Waals surface area contributed by atoms with Gasteiger partial charge in [0.05, 0.1) is 6.61 Å². The molecule has 1 saturated heterocycles. The van der Waals surface area contributed by atoms with Crippen LogP contribution in [0, 0.1) is 0 Å². The molecule has 1 fully saturated rings. The molecule has 1 aliphatic heterocycles. The highest BCUT2D eigenvalue weighted by Gasteiger charge is 2.48. The minimum Gasteiger partial charge on any atom is -0.480 e. The number of hydrogen-bond acceptors (Lipinski definition) is 5. The summed E-state index contributed by atoms with van der Waals surface area (Å²) in [5, 5.41) is 12.1. The zero-order chi connectivity index (χ0) is 23.6. The van der Waals surface area contributed by atoms with Gasteiger partial charge in [-0.15, -0.1) is 0 Å². The van der Waals surface area contributed by atoms with Crippen molar-refractivity contribution in [2.24, 2.45) is 0 Å². The van der Waals surface area contributed by atoms with Crippen molar-refractivity contribution in [1.82, 2.24) is 10.2 Å². The Kier molecular flexibility index (Phi) is 6.37. The summed E-state index contributed by atoms with van der Waals surface area (Å²) in [6.45, 7) is 3.72. The molecule has 0 radical (unpaired) electrons. The molecule has 1 aliphatic carbocycles. The summed E-state index contributed by atoms with van der Waals surface area (Å²) in [4.78, 5) is 38.8. The topological polar surface area (TPSA) is 105 Å². The number of fused-ring (bicyclic) bond motifs is 3. The number of rotatable bonds is 7. The summed E-state index contributed by atoms with van der Waals surface area (Å²) in [5.74, 6) is -1.69. The third kappa shape index (κ3) is 4.18. The summed E-state index contributed by atoms with van der Waals surface area (Å²) >= 11 is 0. The zero-order valence-electron chi connectivity index (χ0n) is 18.7. The van der Waals surface area contributed by atoms with E-state index in [4.69, 9.17) is 9.47 Å². The molecular weight excluding hydrogens is 424 g/mol. The van der Waals surface area contributed by atoms with E-state index in [1.54, 1.807) is 6.92 Å². The summed E-state index contributed by atoms with van der Waals surface area (Å²) in [5.41, 5.74) is 3.09. The number of carbonyl (C=O) groups is 3. The van der Waals surface area contributed by atoms with E-state index in [-0.39, 0.29) is 38.7 Å². The Balaban J connectivity index is 1.49. The Morgan fingerprint density at radius 3 is 2.27 bits per heavy atom. The highest BCUT2D eigenvalue weighted by atomic mass is 16.6. The molecule has 8 heteroatoms. The maximum absolute atomic E-state index is 13.3. The quantitative estimate of drug-likeness (QED) is 0.669. The van der Waals surface area contributed by atoms with Gasteiger partial charge in [-0.25, -0.2) is 9.59 Å². The van der Waals surface area contributed by atoms with Crippen LogP contribution in [-0.2, 0) is 19.1 Å². The van der Waals surface area contributed by atoms with Gasteiger partial charge in [0, 0.05) is 25.5 Å². The first kappa shape index (κ1) is 22.8. The van der Waals surface area contributed by atoms with E-state index in [1.807, 2.05) is 36.4 Å². The lowest BCUT2D eigenvalue weighted by atomic mass is 9.96.